The second kappa shape index (κ2) is 10.9. The second-order valence-electron chi connectivity index (χ2n) is 9.89. The molecule has 0 bridgehead atoms. The predicted molar refractivity (Wildman–Crippen MR) is 162 cm³/mol. The summed E-state index contributed by atoms with van der Waals surface area (Å²) in [6, 6.07) is 36.4. The highest BCUT2D eigenvalue weighted by Crippen LogP contribution is 2.39. The molecule has 39 heavy (non-hydrogen) atoms. The van der Waals surface area contributed by atoms with E-state index in [1.165, 1.54) is 33.4 Å². The van der Waals surface area contributed by atoms with E-state index in [1.54, 1.807) is 6.20 Å². The van der Waals surface area contributed by atoms with E-state index in [0.29, 0.717) is 0 Å². The number of nitrogens with zero attached hydrogens (tertiary/aromatic N) is 3. The molecular weight excluding hydrogens is 474 g/mol. The van der Waals surface area contributed by atoms with E-state index < -0.39 is 0 Å². The van der Waals surface area contributed by atoms with Gasteiger partial charge in [-0.25, -0.2) is 4.98 Å². The van der Waals surface area contributed by atoms with Crippen molar-refractivity contribution >= 4 is 11.5 Å². The van der Waals surface area contributed by atoms with Crippen molar-refractivity contribution in [3.8, 4) is 22.5 Å². The first-order chi connectivity index (χ1) is 19.2. The normalized spacial score (nSPS) is 12.4. The minimum atomic E-state index is 0.854. The molecule has 1 aliphatic rings. The first-order valence-electron chi connectivity index (χ1n) is 13.5. The average molecular weight is 506 g/mol. The summed E-state index contributed by atoms with van der Waals surface area (Å²) in [4.78, 5) is 11.7. The lowest BCUT2D eigenvalue weighted by Crippen LogP contribution is -2.16. The van der Waals surface area contributed by atoms with Crippen molar-refractivity contribution in [1.82, 2.24) is 9.97 Å². The largest absolute Gasteiger partial charge is 0.299 e. The summed E-state index contributed by atoms with van der Waals surface area (Å²) < 4.78 is 0. The quantitative estimate of drug-likeness (QED) is 0.203. The van der Waals surface area contributed by atoms with Crippen LogP contribution in [0.15, 0.2) is 133 Å². The average Bonchev–Trinajstić information content (AvgIpc) is 3.38. The van der Waals surface area contributed by atoms with Crippen LogP contribution in [0.25, 0.3) is 22.5 Å². The van der Waals surface area contributed by atoms with Gasteiger partial charge in [-0.05, 0) is 103 Å². The maximum absolute atomic E-state index is 5.00. The Morgan fingerprint density at radius 3 is 2.38 bits per heavy atom. The molecule has 0 amide bonds. The molecule has 0 spiro atoms. The van der Waals surface area contributed by atoms with E-state index in [4.69, 9.17) is 4.98 Å². The van der Waals surface area contributed by atoms with Gasteiger partial charge in [0.05, 0.1) is 11.4 Å². The SMILES string of the molecule is C/C=C\C=C(/C)N(c1ccc(Cc2cccc3c2Cc2ccccc2-3)cc1)c1cccc(-c2ccccn2)n1. The van der Waals surface area contributed by atoms with Gasteiger partial charge in [-0.1, -0.05) is 78.9 Å². The Balaban J connectivity index is 1.31. The Hall–Kier alpha value is -4.76. The summed E-state index contributed by atoms with van der Waals surface area (Å²) in [6.45, 7) is 4.15. The number of rotatable bonds is 7. The van der Waals surface area contributed by atoms with Gasteiger partial charge in [0.15, 0.2) is 0 Å². The van der Waals surface area contributed by atoms with Gasteiger partial charge in [0.2, 0.25) is 0 Å². The molecular formula is C36H31N3. The molecule has 0 fully saturated rings. The molecule has 6 rings (SSSR count). The summed E-state index contributed by atoms with van der Waals surface area (Å²) in [7, 11) is 0. The van der Waals surface area contributed by atoms with Gasteiger partial charge in [0, 0.05) is 17.6 Å². The van der Waals surface area contributed by atoms with E-state index in [2.05, 4.69) is 102 Å². The van der Waals surface area contributed by atoms with Gasteiger partial charge in [-0.15, -0.1) is 0 Å². The molecule has 0 saturated heterocycles. The van der Waals surface area contributed by atoms with Crippen molar-refractivity contribution in [3.05, 3.63) is 156 Å². The molecule has 190 valence electrons. The number of hydrogen-bond donors (Lipinski definition) is 0. The lowest BCUT2D eigenvalue weighted by Gasteiger charge is -2.25. The summed E-state index contributed by atoms with van der Waals surface area (Å²) >= 11 is 0. The van der Waals surface area contributed by atoms with Crippen LogP contribution in [0.1, 0.15) is 36.1 Å². The third kappa shape index (κ3) is 5.04. The van der Waals surface area contributed by atoms with E-state index in [0.717, 1.165) is 41.4 Å². The second-order valence-corrected chi connectivity index (χ2v) is 9.89. The number of allylic oxidation sites excluding steroid dienone is 4. The van der Waals surface area contributed by atoms with Crippen LogP contribution in [0.3, 0.4) is 0 Å². The maximum Gasteiger partial charge on any atom is 0.138 e. The fourth-order valence-electron chi connectivity index (χ4n) is 5.40. The zero-order valence-corrected chi connectivity index (χ0v) is 22.4. The Kier molecular flexibility index (Phi) is 6.88. The molecule has 1 aliphatic carbocycles. The van der Waals surface area contributed by atoms with Crippen LogP contribution in [0.4, 0.5) is 11.5 Å². The molecule has 3 nitrogen and oxygen atoms in total. The zero-order valence-electron chi connectivity index (χ0n) is 22.4. The van der Waals surface area contributed by atoms with Gasteiger partial charge < -0.3 is 0 Å². The van der Waals surface area contributed by atoms with E-state index in [1.807, 2.05) is 43.3 Å². The smallest absolute Gasteiger partial charge is 0.138 e. The van der Waals surface area contributed by atoms with Crippen molar-refractivity contribution in [2.45, 2.75) is 26.7 Å². The minimum absolute atomic E-state index is 0.854. The fourth-order valence-corrected chi connectivity index (χ4v) is 5.40. The Bertz CT molecular complexity index is 1660. The topological polar surface area (TPSA) is 29.0 Å². The highest BCUT2D eigenvalue weighted by atomic mass is 15.2. The lowest BCUT2D eigenvalue weighted by molar-refractivity contribution is 1.08. The molecule has 2 heterocycles. The first kappa shape index (κ1) is 24.6. The van der Waals surface area contributed by atoms with Crippen LogP contribution in [0.5, 0.6) is 0 Å². The van der Waals surface area contributed by atoms with Crippen LogP contribution < -0.4 is 4.90 Å². The fraction of sp³-hybridized carbons (Fsp3) is 0.111. The van der Waals surface area contributed by atoms with Gasteiger partial charge >= 0.3 is 0 Å². The van der Waals surface area contributed by atoms with Gasteiger partial charge in [0.1, 0.15) is 5.82 Å². The molecule has 0 radical (unpaired) electrons. The molecule has 0 unspecified atom stereocenters. The van der Waals surface area contributed by atoms with Gasteiger partial charge in [-0.2, -0.15) is 0 Å². The Labute approximate surface area is 230 Å². The molecule has 3 heteroatoms. The van der Waals surface area contributed by atoms with Crippen molar-refractivity contribution in [2.24, 2.45) is 0 Å². The summed E-state index contributed by atoms with van der Waals surface area (Å²) in [5.41, 5.74) is 12.2. The molecule has 2 aromatic heterocycles. The van der Waals surface area contributed by atoms with Crippen molar-refractivity contribution in [2.75, 3.05) is 4.90 Å². The van der Waals surface area contributed by atoms with Crippen molar-refractivity contribution in [3.63, 3.8) is 0 Å². The minimum Gasteiger partial charge on any atom is -0.299 e. The van der Waals surface area contributed by atoms with E-state index >= 15 is 0 Å². The number of pyridine rings is 2. The van der Waals surface area contributed by atoms with Crippen molar-refractivity contribution < 1.29 is 0 Å². The van der Waals surface area contributed by atoms with Crippen molar-refractivity contribution in [1.29, 1.82) is 0 Å². The maximum atomic E-state index is 5.00. The van der Waals surface area contributed by atoms with Crippen LogP contribution in [-0.4, -0.2) is 9.97 Å². The Morgan fingerprint density at radius 2 is 1.56 bits per heavy atom. The van der Waals surface area contributed by atoms with Crippen LogP contribution in [0, 0.1) is 0 Å². The third-order valence-corrected chi connectivity index (χ3v) is 7.31. The zero-order chi connectivity index (χ0) is 26.6. The van der Waals surface area contributed by atoms with E-state index in [9.17, 15) is 0 Å². The highest BCUT2D eigenvalue weighted by Gasteiger charge is 2.20. The molecule has 5 aromatic rings. The molecule has 0 N–H and O–H groups in total. The predicted octanol–water partition coefficient (Wildman–Crippen LogP) is 8.92. The summed E-state index contributed by atoms with van der Waals surface area (Å²) in [6.07, 6.45) is 9.96. The lowest BCUT2D eigenvalue weighted by atomic mass is 9.96. The summed E-state index contributed by atoms with van der Waals surface area (Å²) in [5, 5.41) is 0. The first-order valence-corrected chi connectivity index (χ1v) is 13.5. The molecule has 0 saturated carbocycles. The van der Waals surface area contributed by atoms with Crippen LogP contribution >= 0.6 is 0 Å². The number of benzene rings is 3. The molecule has 0 aliphatic heterocycles. The van der Waals surface area contributed by atoms with E-state index in [-0.39, 0.29) is 0 Å². The molecule has 0 atom stereocenters. The Morgan fingerprint density at radius 1 is 0.795 bits per heavy atom. The number of hydrogen-bond acceptors (Lipinski definition) is 3. The molecule has 3 aromatic carbocycles. The number of anilines is 2. The summed E-state index contributed by atoms with van der Waals surface area (Å²) in [5.74, 6) is 0.864. The standard InChI is InChI=1S/C36H31N3/c1-3-4-11-26(2)39(36-18-10-17-35(38-36)34-16-7-8-23-37-34)30-21-19-27(20-22-30)24-28-13-9-15-32-31-14-6-5-12-29(31)25-33(28)32/h3-23H,24-25H2,1-2H3/b4-3-,26-11+. The van der Waals surface area contributed by atoms with Crippen LogP contribution in [-0.2, 0) is 12.8 Å². The van der Waals surface area contributed by atoms with Gasteiger partial charge in [-0.3, -0.25) is 9.88 Å². The number of fused-ring (bicyclic) bond motifs is 3. The highest BCUT2D eigenvalue weighted by molar-refractivity contribution is 5.78. The van der Waals surface area contributed by atoms with Gasteiger partial charge in [0.25, 0.3) is 0 Å². The number of aromatic nitrogens is 2. The third-order valence-electron chi connectivity index (χ3n) is 7.31. The van der Waals surface area contributed by atoms with Crippen LogP contribution in [0.2, 0.25) is 0 Å². The monoisotopic (exact) mass is 505 g/mol.